The van der Waals surface area contributed by atoms with Crippen molar-refractivity contribution in [2.24, 2.45) is 0 Å². The van der Waals surface area contributed by atoms with Crippen LogP contribution in [0.2, 0.25) is 0 Å². The second-order valence-electron chi connectivity index (χ2n) is 6.97. The van der Waals surface area contributed by atoms with Crippen molar-refractivity contribution >= 4 is 38.3 Å². The predicted molar refractivity (Wildman–Crippen MR) is 109 cm³/mol. The Labute approximate surface area is 168 Å². The molecule has 0 saturated heterocycles. The molecule has 0 unspecified atom stereocenters. The summed E-state index contributed by atoms with van der Waals surface area (Å²) in [6, 6.07) is 7.04. The van der Waals surface area contributed by atoms with Gasteiger partial charge in [0.05, 0.1) is 28.6 Å². The van der Waals surface area contributed by atoms with E-state index in [0.717, 1.165) is 19.1 Å². The zero-order valence-corrected chi connectivity index (χ0v) is 16.8. The first-order valence-corrected chi connectivity index (χ1v) is 11.0. The fourth-order valence-corrected chi connectivity index (χ4v) is 3.79. The second kappa shape index (κ2) is 7.25. The number of H-pyrrole nitrogens is 1. The van der Waals surface area contributed by atoms with E-state index in [2.05, 4.69) is 31.7 Å². The summed E-state index contributed by atoms with van der Waals surface area (Å²) >= 11 is 0. The number of anilines is 3. The molecular formula is C19H20N6O3S. The molecule has 4 rings (SSSR count). The van der Waals surface area contributed by atoms with Gasteiger partial charge in [0.25, 0.3) is 0 Å². The lowest BCUT2D eigenvalue weighted by molar-refractivity contribution is 0.415. The summed E-state index contributed by atoms with van der Waals surface area (Å²) in [4.78, 5) is 12.2. The summed E-state index contributed by atoms with van der Waals surface area (Å²) in [5.74, 6) is 1.25. The number of rotatable bonds is 6. The maximum atomic E-state index is 11.8. The molecule has 10 heteroatoms. The van der Waals surface area contributed by atoms with E-state index in [1.54, 1.807) is 12.3 Å². The molecule has 0 atom stereocenters. The fraction of sp³-hybridized carbons (Fsp3) is 0.316. The van der Waals surface area contributed by atoms with Gasteiger partial charge in [-0.2, -0.15) is 15.2 Å². The van der Waals surface area contributed by atoms with Gasteiger partial charge in [-0.25, -0.2) is 8.42 Å². The lowest BCUT2D eigenvalue weighted by Gasteiger charge is -2.27. The monoisotopic (exact) mass is 412 g/mol. The van der Waals surface area contributed by atoms with Crippen LogP contribution in [-0.4, -0.2) is 42.8 Å². The number of nitrogens with zero attached hydrogens (tertiary/aromatic N) is 3. The van der Waals surface area contributed by atoms with Crippen molar-refractivity contribution in [2.45, 2.75) is 30.2 Å². The van der Waals surface area contributed by atoms with Crippen molar-refractivity contribution in [1.29, 1.82) is 5.26 Å². The number of methoxy groups -OCH3 is 1. The molecule has 3 N–H and O–H groups in total. The molecule has 0 spiro atoms. The topological polar surface area (TPSA) is 133 Å². The summed E-state index contributed by atoms with van der Waals surface area (Å²) < 4.78 is 28.9. The maximum absolute atomic E-state index is 11.8. The molecule has 1 saturated carbocycles. The average Bonchev–Trinajstić information content (AvgIpc) is 3.07. The highest BCUT2D eigenvalue weighted by Crippen LogP contribution is 2.33. The molecule has 2 heterocycles. The molecule has 0 amide bonds. The Balaban J connectivity index is 1.74. The molecule has 0 aliphatic heterocycles. The molecule has 1 fully saturated rings. The quantitative estimate of drug-likeness (QED) is 0.563. The van der Waals surface area contributed by atoms with E-state index in [0.29, 0.717) is 45.8 Å². The normalized spacial score (nSPS) is 14.2. The minimum atomic E-state index is -3.36. The molecule has 150 valence electrons. The van der Waals surface area contributed by atoms with Crippen molar-refractivity contribution < 1.29 is 13.2 Å². The van der Waals surface area contributed by atoms with Crippen LogP contribution in [0.15, 0.2) is 29.3 Å². The van der Waals surface area contributed by atoms with Gasteiger partial charge in [-0.1, -0.05) is 0 Å². The Morgan fingerprint density at radius 2 is 2.10 bits per heavy atom. The Morgan fingerprint density at radius 1 is 1.31 bits per heavy atom. The Bertz CT molecular complexity index is 1220. The molecule has 29 heavy (non-hydrogen) atoms. The van der Waals surface area contributed by atoms with Crippen LogP contribution in [0.3, 0.4) is 0 Å². The number of nitrogens with one attached hydrogen (secondary N) is 3. The first-order valence-electron chi connectivity index (χ1n) is 9.10. The maximum Gasteiger partial charge on any atom is 0.231 e. The van der Waals surface area contributed by atoms with Crippen molar-refractivity contribution in [3.8, 4) is 11.8 Å². The Morgan fingerprint density at radius 3 is 2.72 bits per heavy atom. The molecule has 3 aromatic rings. The standard InChI is InChI=1S/C19H20N6O3S/c1-28-15-8-13(29(2,26)27)6-7-14(15)23-19-24-17-16(11(9-20)10-21-17)18(25-19)22-12-4-3-5-12/h6-8,10,12H,3-5H2,1-2H3,(H3,21,22,23,24,25). The van der Waals surface area contributed by atoms with E-state index in [-0.39, 0.29) is 4.90 Å². The first kappa shape index (κ1) is 19.0. The van der Waals surface area contributed by atoms with Crippen molar-refractivity contribution in [2.75, 3.05) is 24.0 Å². The van der Waals surface area contributed by atoms with Gasteiger partial charge >= 0.3 is 0 Å². The van der Waals surface area contributed by atoms with Gasteiger partial charge in [0, 0.05) is 24.6 Å². The zero-order chi connectivity index (χ0) is 20.6. The molecule has 1 aromatic carbocycles. The number of benzene rings is 1. The van der Waals surface area contributed by atoms with Crippen molar-refractivity contribution in [3.05, 3.63) is 30.0 Å². The first-order chi connectivity index (χ1) is 13.9. The fourth-order valence-electron chi connectivity index (χ4n) is 3.15. The number of aromatic amines is 1. The number of aromatic nitrogens is 3. The smallest absolute Gasteiger partial charge is 0.231 e. The summed E-state index contributed by atoms with van der Waals surface area (Å²) in [7, 11) is -1.89. The number of sulfone groups is 1. The minimum Gasteiger partial charge on any atom is -0.495 e. The van der Waals surface area contributed by atoms with E-state index in [1.165, 1.54) is 25.7 Å². The Hall–Kier alpha value is -3.32. The third-order valence-corrected chi connectivity index (χ3v) is 6.06. The number of fused-ring (bicyclic) bond motifs is 1. The van der Waals surface area contributed by atoms with E-state index in [9.17, 15) is 13.7 Å². The lowest BCUT2D eigenvalue weighted by Crippen LogP contribution is -2.27. The SMILES string of the molecule is COc1cc(S(C)(=O)=O)ccc1Nc1nc(NC2CCC2)c2c(C#N)c[nH]c2n1. The Kier molecular flexibility index (Phi) is 4.76. The summed E-state index contributed by atoms with van der Waals surface area (Å²) in [6.45, 7) is 0. The van der Waals surface area contributed by atoms with Crippen LogP contribution in [0.1, 0.15) is 24.8 Å². The van der Waals surface area contributed by atoms with E-state index in [4.69, 9.17) is 4.74 Å². The molecule has 9 nitrogen and oxygen atoms in total. The van der Waals surface area contributed by atoms with E-state index < -0.39 is 9.84 Å². The van der Waals surface area contributed by atoms with E-state index in [1.807, 2.05) is 0 Å². The van der Waals surface area contributed by atoms with Crippen LogP contribution < -0.4 is 15.4 Å². The van der Waals surface area contributed by atoms with Gasteiger partial charge < -0.3 is 20.4 Å². The summed E-state index contributed by atoms with van der Waals surface area (Å²) in [6.07, 6.45) is 6.03. The number of ether oxygens (including phenoxy) is 1. The van der Waals surface area contributed by atoms with Crippen LogP contribution in [0, 0.1) is 11.3 Å². The van der Waals surface area contributed by atoms with Gasteiger partial charge in [-0.3, -0.25) is 0 Å². The minimum absolute atomic E-state index is 0.159. The van der Waals surface area contributed by atoms with Gasteiger partial charge in [-0.15, -0.1) is 0 Å². The third kappa shape index (κ3) is 3.69. The van der Waals surface area contributed by atoms with Crippen LogP contribution in [0.25, 0.3) is 11.0 Å². The van der Waals surface area contributed by atoms with E-state index >= 15 is 0 Å². The number of hydrogen-bond acceptors (Lipinski definition) is 8. The molecule has 0 radical (unpaired) electrons. The largest absolute Gasteiger partial charge is 0.495 e. The van der Waals surface area contributed by atoms with Gasteiger partial charge in [-0.05, 0) is 31.4 Å². The van der Waals surface area contributed by atoms with Crippen LogP contribution in [0.4, 0.5) is 17.5 Å². The van der Waals surface area contributed by atoms with Crippen molar-refractivity contribution in [3.63, 3.8) is 0 Å². The summed E-state index contributed by atoms with van der Waals surface area (Å²) in [5, 5.41) is 16.5. The average molecular weight is 412 g/mol. The highest BCUT2D eigenvalue weighted by molar-refractivity contribution is 7.90. The molecule has 1 aliphatic carbocycles. The van der Waals surface area contributed by atoms with Crippen LogP contribution in [-0.2, 0) is 9.84 Å². The van der Waals surface area contributed by atoms with Crippen LogP contribution >= 0.6 is 0 Å². The van der Waals surface area contributed by atoms with Crippen molar-refractivity contribution in [1.82, 2.24) is 15.0 Å². The van der Waals surface area contributed by atoms with Gasteiger partial charge in [0.1, 0.15) is 23.3 Å². The highest BCUT2D eigenvalue weighted by atomic mass is 32.2. The number of hydrogen-bond donors (Lipinski definition) is 3. The van der Waals surface area contributed by atoms with Gasteiger partial charge in [0.2, 0.25) is 5.95 Å². The van der Waals surface area contributed by atoms with Gasteiger partial charge in [0.15, 0.2) is 9.84 Å². The molecule has 2 aromatic heterocycles. The third-order valence-electron chi connectivity index (χ3n) is 4.95. The molecule has 1 aliphatic rings. The van der Waals surface area contributed by atoms with Crippen LogP contribution in [0.5, 0.6) is 5.75 Å². The second-order valence-corrected chi connectivity index (χ2v) is 8.98. The lowest BCUT2D eigenvalue weighted by atomic mass is 9.93. The molecular weight excluding hydrogens is 392 g/mol. The predicted octanol–water partition coefficient (Wildman–Crippen LogP) is 2.95. The summed E-state index contributed by atoms with van der Waals surface area (Å²) in [5.41, 5.74) is 1.54. The number of nitriles is 1. The molecule has 0 bridgehead atoms. The zero-order valence-electron chi connectivity index (χ0n) is 16.0. The highest BCUT2D eigenvalue weighted by Gasteiger charge is 2.22.